The Labute approximate surface area is 135 Å². The molecule has 0 aliphatic heterocycles. The minimum atomic E-state index is -1.45. The van der Waals surface area contributed by atoms with Crippen LogP contribution in [-0.2, 0) is 4.79 Å². The zero-order valence-electron chi connectivity index (χ0n) is 10.6. The van der Waals surface area contributed by atoms with Crippen molar-refractivity contribution in [3.63, 3.8) is 0 Å². The van der Waals surface area contributed by atoms with E-state index in [1.54, 1.807) is 12.1 Å². The van der Waals surface area contributed by atoms with Crippen molar-refractivity contribution in [2.24, 2.45) is 0 Å². The fourth-order valence-electron chi connectivity index (χ4n) is 2.00. The van der Waals surface area contributed by atoms with Gasteiger partial charge in [-0.1, -0.05) is 47.1 Å². The lowest BCUT2D eigenvalue weighted by Gasteiger charge is -2.28. The Morgan fingerprint density at radius 3 is 2.33 bits per heavy atom. The molecule has 1 nitrogen and oxygen atoms in total. The summed E-state index contributed by atoms with van der Waals surface area (Å²) in [4.78, 5) is 13.3. The van der Waals surface area contributed by atoms with Gasteiger partial charge in [0.1, 0.15) is 5.82 Å². The van der Waals surface area contributed by atoms with Crippen molar-refractivity contribution < 1.29 is 9.18 Å². The standard InChI is InChI=1S/C16H9Cl2FOS/c17-16(18)14(9-15(16)20)10-2-1-3-13(8-10)21-12-6-4-11(19)5-7-12/h1-9H. The van der Waals surface area contributed by atoms with Crippen molar-refractivity contribution in [2.75, 3.05) is 0 Å². The molecule has 2 aromatic carbocycles. The minimum Gasteiger partial charge on any atom is -0.291 e. The van der Waals surface area contributed by atoms with Gasteiger partial charge in [0.2, 0.25) is 4.33 Å². The second-order valence-electron chi connectivity index (χ2n) is 4.58. The van der Waals surface area contributed by atoms with Gasteiger partial charge in [-0.25, -0.2) is 4.39 Å². The Hall–Kier alpha value is -1.29. The smallest absolute Gasteiger partial charge is 0.205 e. The fraction of sp³-hybridized carbons (Fsp3) is 0.0625. The first-order valence-electron chi connectivity index (χ1n) is 6.15. The normalized spacial score (nSPS) is 16.3. The first kappa shape index (κ1) is 14.6. The highest BCUT2D eigenvalue weighted by Gasteiger charge is 2.45. The van der Waals surface area contributed by atoms with Gasteiger partial charge in [-0.3, -0.25) is 4.79 Å². The summed E-state index contributed by atoms with van der Waals surface area (Å²) in [6.07, 6.45) is 1.45. The highest BCUT2D eigenvalue weighted by atomic mass is 35.5. The van der Waals surface area contributed by atoms with Gasteiger partial charge in [0.05, 0.1) is 0 Å². The van der Waals surface area contributed by atoms with Crippen molar-refractivity contribution in [3.8, 4) is 0 Å². The predicted molar refractivity (Wildman–Crippen MR) is 84.4 cm³/mol. The highest BCUT2D eigenvalue weighted by Crippen LogP contribution is 2.46. The van der Waals surface area contributed by atoms with Crippen LogP contribution < -0.4 is 0 Å². The molecule has 0 fully saturated rings. The zero-order valence-corrected chi connectivity index (χ0v) is 13.0. The lowest BCUT2D eigenvalue weighted by atomic mass is 9.89. The molecular weight excluding hydrogens is 330 g/mol. The molecule has 0 unspecified atom stereocenters. The van der Waals surface area contributed by atoms with Gasteiger partial charge in [-0.05, 0) is 48.0 Å². The minimum absolute atomic E-state index is 0.264. The topological polar surface area (TPSA) is 17.1 Å². The Bertz CT molecular complexity index is 738. The van der Waals surface area contributed by atoms with E-state index in [-0.39, 0.29) is 11.6 Å². The summed E-state index contributed by atoms with van der Waals surface area (Å²) in [6, 6.07) is 13.8. The van der Waals surface area contributed by atoms with Crippen molar-refractivity contribution in [3.05, 3.63) is 66.0 Å². The number of carbonyl (C=O) groups is 1. The number of carbonyl (C=O) groups excluding carboxylic acids is 1. The predicted octanol–water partition coefficient (Wildman–Crippen LogP) is 5.12. The van der Waals surface area contributed by atoms with Gasteiger partial charge in [0.15, 0.2) is 5.78 Å². The van der Waals surface area contributed by atoms with E-state index >= 15 is 0 Å². The maximum Gasteiger partial charge on any atom is 0.205 e. The third-order valence-corrected chi connectivity index (χ3v) is 4.89. The lowest BCUT2D eigenvalue weighted by Crippen LogP contribution is -2.34. The summed E-state index contributed by atoms with van der Waals surface area (Å²) >= 11 is 13.5. The molecule has 0 saturated heterocycles. The van der Waals surface area contributed by atoms with Crippen LogP contribution in [0.1, 0.15) is 5.56 Å². The first-order valence-corrected chi connectivity index (χ1v) is 7.72. The molecule has 2 aromatic rings. The Balaban J connectivity index is 1.86. The number of alkyl halides is 2. The molecule has 106 valence electrons. The third-order valence-electron chi connectivity index (χ3n) is 3.12. The monoisotopic (exact) mass is 338 g/mol. The summed E-state index contributed by atoms with van der Waals surface area (Å²) in [5.41, 5.74) is 1.42. The molecule has 0 aromatic heterocycles. The third kappa shape index (κ3) is 2.86. The van der Waals surface area contributed by atoms with Crippen LogP contribution in [0.25, 0.3) is 5.57 Å². The number of hydrogen-bond donors (Lipinski definition) is 0. The van der Waals surface area contributed by atoms with Crippen LogP contribution >= 0.6 is 35.0 Å². The maximum absolute atomic E-state index is 12.9. The number of halogens is 3. The molecule has 5 heteroatoms. The quantitative estimate of drug-likeness (QED) is 0.722. The molecule has 0 amide bonds. The molecule has 0 atom stereocenters. The van der Waals surface area contributed by atoms with E-state index in [0.29, 0.717) is 5.57 Å². The molecular formula is C16H9Cl2FOS. The summed E-state index contributed by atoms with van der Waals surface area (Å²) in [7, 11) is 0. The molecule has 0 bridgehead atoms. The van der Waals surface area contributed by atoms with E-state index in [0.717, 1.165) is 15.4 Å². The molecule has 0 saturated carbocycles. The first-order chi connectivity index (χ1) is 9.96. The van der Waals surface area contributed by atoms with Crippen LogP contribution in [0, 0.1) is 5.82 Å². The summed E-state index contributed by atoms with van der Waals surface area (Å²) < 4.78 is 11.4. The SMILES string of the molecule is O=C1C=C(c2cccc(Sc3ccc(F)cc3)c2)C1(Cl)Cl. The second kappa shape index (κ2) is 5.48. The summed E-state index contributed by atoms with van der Waals surface area (Å²) in [5, 5.41) is 0. The molecule has 3 rings (SSSR count). The van der Waals surface area contributed by atoms with Crippen LogP contribution in [0.5, 0.6) is 0 Å². The molecule has 0 heterocycles. The lowest BCUT2D eigenvalue weighted by molar-refractivity contribution is -0.115. The summed E-state index contributed by atoms with van der Waals surface area (Å²) in [5.74, 6) is -0.558. The van der Waals surface area contributed by atoms with Crippen LogP contribution in [-0.4, -0.2) is 10.1 Å². The van der Waals surface area contributed by atoms with E-state index in [4.69, 9.17) is 23.2 Å². The molecule has 1 aliphatic carbocycles. The van der Waals surface area contributed by atoms with Crippen LogP contribution in [0.15, 0.2) is 64.4 Å². The average molecular weight is 339 g/mol. The molecule has 21 heavy (non-hydrogen) atoms. The fourth-order valence-corrected chi connectivity index (χ4v) is 3.31. The van der Waals surface area contributed by atoms with E-state index < -0.39 is 4.33 Å². The summed E-state index contributed by atoms with van der Waals surface area (Å²) in [6.45, 7) is 0. The van der Waals surface area contributed by atoms with Crippen molar-refractivity contribution in [1.82, 2.24) is 0 Å². The van der Waals surface area contributed by atoms with Crippen LogP contribution in [0.4, 0.5) is 4.39 Å². The Kier molecular flexibility index (Phi) is 3.82. The maximum atomic E-state index is 12.9. The second-order valence-corrected chi connectivity index (χ2v) is 7.05. The molecule has 0 radical (unpaired) electrons. The number of rotatable bonds is 3. The Morgan fingerprint density at radius 1 is 1.00 bits per heavy atom. The van der Waals surface area contributed by atoms with E-state index in [2.05, 4.69) is 0 Å². The van der Waals surface area contributed by atoms with E-state index in [1.165, 1.54) is 30.0 Å². The van der Waals surface area contributed by atoms with Gasteiger partial charge in [-0.15, -0.1) is 0 Å². The molecule has 0 N–H and O–H groups in total. The number of benzene rings is 2. The van der Waals surface area contributed by atoms with Gasteiger partial charge < -0.3 is 0 Å². The van der Waals surface area contributed by atoms with Crippen LogP contribution in [0.2, 0.25) is 0 Å². The Morgan fingerprint density at radius 2 is 1.71 bits per heavy atom. The van der Waals surface area contributed by atoms with Gasteiger partial charge in [0.25, 0.3) is 0 Å². The number of hydrogen-bond acceptors (Lipinski definition) is 2. The highest BCUT2D eigenvalue weighted by molar-refractivity contribution is 7.99. The van der Waals surface area contributed by atoms with Crippen molar-refractivity contribution in [1.29, 1.82) is 0 Å². The average Bonchev–Trinajstić information content (AvgIpc) is 2.47. The zero-order chi connectivity index (χ0) is 15.0. The van der Waals surface area contributed by atoms with E-state index in [1.807, 2.05) is 24.3 Å². The number of allylic oxidation sites excluding steroid dienone is 2. The van der Waals surface area contributed by atoms with Crippen molar-refractivity contribution >= 4 is 46.3 Å². The molecule has 1 aliphatic rings. The van der Waals surface area contributed by atoms with Gasteiger partial charge >= 0.3 is 0 Å². The van der Waals surface area contributed by atoms with E-state index in [9.17, 15) is 9.18 Å². The number of ketones is 1. The van der Waals surface area contributed by atoms with Gasteiger partial charge in [-0.2, -0.15) is 0 Å². The largest absolute Gasteiger partial charge is 0.291 e. The van der Waals surface area contributed by atoms with Gasteiger partial charge in [0, 0.05) is 15.4 Å². The molecule has 0 spiro atoms. The van der Waals surface area contributed by atoms with Crippen molar-refractivity contribution in [2.45, 2.75) is 14.1 Å². The van der Waals surface area contributed by atoms with Crippen LogP contribution in [0.3, 0.4) is 0 Å².